The van der Waals surface area contributed by atoms with Crippen LogP contribution in [0.3, 0.4) is 0 Å². The van der Waals surface area contributed by atoms with Gasteiger partial charge in [0.2, 0.25) is 0 Å². The molecule has 3 N–H and O–H groups in total. The summed E-state index contributed by atoms with van der Waals surface area (Å²) in [6, 6.07) is 0. The van der Waals surface area contributed by atoms with Crippen LogP contribution in [0.5, 0.6) is 0 Å². The van der Waals surface area contributed by atoms with Crippen molar-refractivity contribution in [1.29, 1.82) is 0 Å². The molecule has 1 atom stereocenters. The van der Waals surface area contributed by atoms with E-state index in [2.05, 4.69) is 37.2 Å². The van der Waals surface area contributed by atoms with Gasteiger partial charge in [-0.15, -0.1) is 0 Å². The summed E-state index contributed by atoms with van der Waals surface area (Å²) in [6.07, 6.45) is 3.85. The molecule has 0 bridgehead atoms. The normalized spacial score (nSPS) is 13.2. The summed E-state index contributed by atoms with van der Waals surface area (Å²) in [5.74, 6) is 0.807. The second kappa shape index (κ2) is 8.97. The van der Waals surface area contributed by atoms with Crippen molar-refractivity contribution in [2.45, 2.75) is 40.0 Å². The molecule has 0 aromatic carbocycles. The molecule has 0 aliphatic rings. The van der Waals surface area contributed by atoms with Crippen LogP contribution in [-0.4, -0.2) is 13.1 Å². The maximum atomic E-state index is 3.16. The average Bonchev–Trinajstić information content (AvgIpc) is 2.10. The van der Waals surface area contributed by atoms with E-state index < -0.39 is 0 Å². The van der Waals surface area contributed by atoms with Gasteiger partial charge in [-0.25, -0.2) is 10.9 Å². The van der Waals surface area contributed by atoms with Crippen molar-refractivity contribution in [3.8, 4) is 0 Å². The summed E-state index contributed by atoms with van der Waals surface area (Å²) in [5.41, 5.74) is 9.13. The Hall–Kier alpha value is -0.120. The van der Waals surface area contributed by atoms with E-state index in [0.29, 0.717) is 0 Å². The Balaban J connectivity index is 3.19. The fourth-order valence-corrected chi connectivity index (χ4v) is 1.21. The summed E-state index contributed by atoms with van der Waals surface area (Å²) in [7, 11) is 0. The largest absolute Gasteiger partial charge is 0.245 e. The van der Waals surface area contributed by atoms with E-state index in [9.17, 15) is 0 Å². The van der Waals surface area contributed by atoms with Gasteiger partial charge in [0.1, 0.15) is 0 Å². The molecule has 3 heteroatoms. The van der Waals surface area contributed by atoms with E-state index in [-0.39, 0.29) is 0 Å². The van der Waals surface area contributed by atoms with E-state index in [4.69, 9.17) is 0 Å². The van der Waals surface area contributed by atoms with Gasteiger partial charge in [-0.3, -0.25) is 0 Å². The molecular formula is C9H23N3. The number of rotatable bonds is 8. The zero-order valence-electron chi connectivity index (χ0n) is 8.61. The van der Waals surface area contributed by atoms with Crippen molar-refractivity contribution >= 4 is 0 Å². The smallest absolute Gasteiger partial charge is 0.0141 e. The lowest BCUT2D eigenvalue weighted by Crippen LogP contribution is -2.45. The fourth-order valence-electron chi connectivity index (χ4n) is 1.21. The maximum Gasteiger partial charge on any atom is 0.0141 e. The highest BCUT2D eigenvalue weighted by Crippen LogP contribution is 2.08. The van der Waals surface area contributed by atoms with Crippen molar-refractivity contribution < 1.29 is 0 Å². The Morgan fingerprint density at radius 3 is 2.33 bits per heavy atom. The zero-order valence-corrected chi connectivity index (χ0v) is 8.61. The topological polar surface area (TPSA) is 36.1 Å². The van der Waals surface area contributed by atoms with Gasteiger partial charge >= 0.3 is 0 Å². The highest BCUT2D eigenvalue weighted by atomic mass is 15.6. The van der Waals surface area contributed by atoms with Crippen LogP contribution in [-0.2, 0) is 0 Å². The SMILES string of the molecule is CCCC(CC)CNNNCC. The quantitative estimate of drug-likeness (QED) is 0.384. The molecule has 0 aromatic heterocycles. The summed E-state index contributed by atoms with van der Waals surface area (Å²) in [6.45, 7) is 8.54. The summed E-state index contributed by atoms with van der Waals surface area (Å²) >= 11 is 0. The fraction of sp³-hybridized carbons (Fsp3) is 1.00. The Kier molecular flexibility index (Phi) is 8.88. The monoisotopic (exact) mass is 173 g/mol. The molecule has 74 valence electrons. The average molecular weight is 173 g/mol. The highest BCUT2D eigenvalue weighted by Gasteiger charge is 2.02. The maximum absolute atomic E-state index is 3.16. The molecule has 0 aliphatic heterocycles. The number of hydrazine groups is 2. The van der Waals surface area contributed by atoms with Gasteiger partial charge in [0.25, 0.3) is 0 Å². The van der Waals surface area contributed by atoms with Gasteiger partial charge in [-0.05, 0) is 12.3 Å². The summed E-state index contributed by atoms with van der Waals surface area (Å²) in [4.78, 5) is 0. The molecule has 0 radical (unpaired) electrons. The zero-order chi connectivity index (χ0) is 9.23. The minimum absolute atomic E-state index is 0.807. The molecule has 0 aromatic rings. The lowest BCUT2D eigenvalue weighted by molar-refractivity contribution is 0.363. The molecule has 12 heavy (non-hydrogen) atoms. The van der Waals surface area contributed by atoms with Gasteiger partial charge < -0.3 is 0 Å². The third-order valence-electron chi connectivity index (χ3n) is 2.02. The molecule has 0 saturated carbocycles. The Labute approximate surface area is 76.2 Å². The van der Waals surface area contributed by atoms with Crippen LogP contribution in [0.4, 0.5) is 0 Å². The highest BCUT2D eigenvalue weighted by molar-refractivity contribution is 4.57. The minimum atomic E-state index is 0.807. The lowest BCUT2D eigenvalue weighted by atomic mass is 10.0. The molecule has 0 aliphatic carbocycles. The lowest BCUT2D eigenvalue weighted by Gasteiger charge is -2.15. The first-order chi connectivity index (χ1) is 5.85. The summed E-state index contributed by atoms with van der Waals surface area (Å²) in [5, 5.41) is 0. The van der Waals surface area contributed by atoms with Crippen LogP contribution in [0, 0.1) is 5.92 Å². The Morgan fingerprint density at radius 1 is 1.08 bits per heavy atom. The van der Waals surface area contributed by atoms with Gasteiger partial charge in [0.05, 0.1) is 0 Å². The second-order valence-electron chi connectivity index (χ2n) is 3.10. The molecule has 0 amide bonds. The van der Waals surface area contributed by atoms with Gasteiger partial charge in [-0.2, -0.15) is 5.53 Å². The standard InChI is InChI=1S/C9H23N3/c1-4-7-9(5-2)8-11-12-10-6-3/h9-12H,4-8H2,1-3H3. The van der Waals surface area contributed by atoms with E-state index >= 15 is 0 Å². The van der Waals surface area contributed by atoms with Gasteiger partial charge in [0, 0.05) is 13.1 Å². The third kappa shape index (κ3) is 6.58. The molecular weight excluding hydrogens is 150 g/mol. The molecule has 0 saturated heterocycles. The second-order valence-corrected chi connectivity index (χ2v) is 3.10. The van der Waals surface area contributed by atoms with Gasteiger partial charge in [-0.1, -0.05) is 33.6 Å². The third-order valence-corrected chi connectivity index (χ3v) is 2.02. The predicted molar refractivity (Wildman–Crippen MR) is 53.5 cm³/mol. The van der Waals surface area contributed by atoms with Gasteiger partial charge in [0.15, 0.2) is 0 Å². The molecule has 0 heterocycles. The van der Waals surface area contributed by atoms with Crippen LogP contribution in [0.1, 0.15) is 40.0 Å². The number of hydrogen-bond acceptors (Lipinski definition) is 3. The van der Waals surface area contributed by atoms with E-state index in [1.807, 2.05) is 0 Å². The van der Waals surface area contributed by atoms with E-state index in [1.54, 1.807) is 0 Å². The van der Waals surface area contributed by atoms with Crippen molar-refractivity contribution in [3.05, 3.63) is 0 Å². The molecule has 0 spiro atoms. The van der Waals surface area contributed by atoms with Crippen LogP contribution < -0.4 is 16.4 Å². The van der Waals surface area contributed by atoms with Crippen molar-refractivity contribution in [3.63, 3.8) is 0 Å². The van der Waals surface area contributed by atoms with Crippen LogP contribution >= 0.6 is 0 Å². The first kappa shape index (κ1) is 11.9. The minimum Gasteiger partial charge on any atom is -0.245 e. The number of nitrogens with one attached hydrogen (secondary N) is 3. The Bertz CT molecular complexity index is 85.8. The van der Waals surface area contributed by atoms with Crippen molar-refractivity contribution in [1.82, 2.24) is 16.4 Å². The van der Waals surface area contributed by atoms with Crippen LogP contribution in [0.2, 0.25) is 0 Å². The van der Waals surface area contributed by atoms with E-state index in [1.165, 1.54) is 19.3 Å². The molecule has 0 fully saturated rings. The molecule has 3 nitrogen and oxygen atoms in total. The molecule has 0 rings (SSSR count). The summed E-state index contributed by atoms with van der Waals surface area (Å²) < 4.78 is 0. The van der Waals surface area contributed by atoms with Crippen molar-refractivity contribution in [2.24, 2.45) is 5.92 Å². The first-order valence-electron chi connectivity index (χ1n) is 5.05. The van der Waals surface area contributed by atoms with E-state index in [0.717, 1.165) is 19.0 Å². The first-order valence-corrected chi connectivity index (χ1v) is 5.05. The van der Waals surface area contributed by atoms with Crippen LogP contribution in [0.25, 0.3) is 0 Å². The number of hydrogen-bond donors (Lipinski definition) is 3. The molecule has 1 unspecified atom stereocenters. The predicted octanol–water partition coefficient (Wildman–Crippen LogP) is 1.43. The Morgan fingerprint density at radius 2 is 1.83 bits per heavy atom. The van der Waals surface area contributed by atoms with Crippen molar-refractivity contribution in [2.75, 3.05) is 13.1 Å². The van der Waals surface area contributed by atoms with Crippen LogP contribution in [0.15, 0.2) is 0 Å².